The Morgan fingerprint density at radius 2 is 2.00 bits per heavy atom. The fourth-order valence-corrected chi connectivity index (χ4v) is 1.84. The maximum absolute atomic E-state index is 13.0. The second-order valence-electron chi connectivity index (χ2n) is 4.10. The van der Waals surface area contributed by atoms with Gasteiger partial charge in [0.2, 0.25) is 0 Å². The number of rotatable bonds is 3. The molecule has 1 amide bonds. The molecule has 20 heavy (non-hydrogen) atoms. The molecule has 0 atom stereocenters. The van der Waals surface area contributed by atoms with Gasteiger partial charge in [-0.25, -0.2) is 4.39 Å². The molecule has 0 aromatic heterocycles. The van der Waals surface area contributed by atoms with Crippen LogP contribution in [-0.4, -0.2) is 16.1 Å². The highest BCUT2D eigenvalue weighted by atomic mass is 35.5. The Morgan fingerprint density at radius 1 is 1.25 bits per heavy atom. The first kappa shape index (κ1) is 14.1. The maximum atomic E-state index is 13.0. The molecule has 4 nitrogen and oxygen atoms in total. The molecule has 6 heteroatoms. The number of aromatic hydroxyl groups is 2. The number of hydrogen-bond acceptors (Lipinski definition) is 3. The van der Waals surface area contributed by atoms with E-state index in [1.54, 1.807) is 0 Å². The summed E-state index contributed by atoms with van der Waals surface area (Å²) in [6.07, 6.45) is 0. The fourth-order valence-electron chi connectivity index (χ4n) is 1.64. The molecule has 0 fully saturated rings. The minimum absolute atomic E-state index is 0.0306. The third-order valence-electron chi connectivity index (χ3n) is 2.70. The molecular formula is C14H11ClFNO3. The third-order valence-corrected chi connectivity index (χ3v) is 2.99. The van der Waals surface area contributed by atoms with Gasteiger partial charge in [-0.15, -0.1) is 0 Å². The topological polar surface area (TPSA) is 69.6 Å². The number of phenolic OH excluding ortho intramolecular Hbond substituents is 2. The van der Waals surface area contributed by atoms with Crippen molar-refractivity contribution in [3.8, 4) is 11.5 Å². The number of para-hydroxylation sites is 1. The first-order valence-electron chi connectivity index (χ1n) is 5.72. The zero-order valence-electron chi connectivity index (χ0n) is 10.2. The van der Waals surface area contributed by atoms with Crippen molar-refractivity contribution in [2.45, 2.75) is 6.54 Å². The smallest absolute Gasteiger partial charge is 0.255 e. The van der Waals surface area contributed by atoms with Gasteiger partial charge in [0.1, 0.15) is 5.82 Å². The van der Waals surface area contributed by atoms with E-state index in [4.69, 9.17) is 11.6 Å². The van der Waals surface area contributed by atoms with Gasteiger partial charge in [-0.1, -0.05) is 23.7 Å². The average molecular weight is 296 g/mol. The van der Waals surface area contributed by atoms with Gasteiger partial charge < -0.3 is 15.5 Å². The largest absolute Gasteiger partial charge is 0.504 e. The molecule has 0 spiro atoms. The molecule has 0 bridgehead atoms. The number of nitrogens with one attached hydrogen (secondary N) is 1. The molecule has 0 heterocycles. The maximum Gasteiger partial charge on any atom is 0.255 e. The SMILES string of the molecule is O=C(NCc1ccc(F)c(Cl)c1)c1cccc(O)c1O. The zero-order chi connectivity index (χ0) is 14.7. The first-order valence-corrected chi connectivity index (χ1v) is 6.10. The third kappa shape index (κ3) is 3.00. The Bertz CT molecular complexity index is 661. The van der Waals surface area contributed by atoms with Crippen LogP contribution in [0.5, 0.6) is 11.5 Å². The van der Waals surface area contributed by atoms with Crippen molar-refractivity contribution in [3.05, 3.63) is 58.4 Å². The van der Waals surface area contributed by atoms with Crippen LogP contribution in [0.3, 0.4) is 0 Å². The van der Waals surface area contributed by atoms with E-state index < -0.39 is 17.5 Å². The highest BCUT2D eigenvalue weighted by Gasteiger charge is 2.13. The summed E-state index contributed by atoms with van der Waals surface area (Å²) in [6.45, 7) is 0.119. The molecule has 2 rings (SSSR count). The second kappa shape index (κ2) is 5.79. The zero-order valence-corrected chi connectivity index (χ0v) is 11.0. The first-order chi connectivity index (χ1) is 9.49. The van der Waals surface area contributed by atoms with Crippen molar-refractivity contribution < 1.29 is 19.4 Å². The summed E-state index contributed by atoms with van der Waals surface area (Å²) in [4.78, 5) is 11.9. The summed E-state index contributed by atoms with van der Waals surface area (Å²) in [5.41, 5.74) is 0.572. The van der Waals surface area contributed by atoms with Crippen LogP contribution in [0.2, 0.25) is 5.02 Å². The predicted molar refractivity (Wildman–Crippen MR) is 72.4 cm³/mol. The monoisotopic (exact) mass is 295 g/mol. The summed E-state index contributed by atoms with van der Waals surface area (Å²) in [7, 11) is 0. The number of halogens is 2. The van der Waals surface area contributed by atoms with E-state index in [0.717, 1.165) is 0 Å². The summed E-state index contributed by atoms with van der Waals surface area (Å²) < 4.78 is 13.0. The highest BCUT2D eigenvalue weighted by Crippen LogP contribution is 2.28. The van der Waals surface area contributed by atoms with Gasteiger partial charge in [-0.05, 0) is 29.8 Å². The van der Waals surface area contributed by atoms with E-state index in [9.17, 15) is 19.4 Å². The van der Waals surface area contributed by atoms with Crippen molar-refractivity contribution >= 4 is 17.5 Å². The molecule has 0 radical (unpaired) electrons. The van der Waals surface area contributed by atoms with Crippen LogP contribution in [-0.2, 0) is 6.54 Å². The molecule has 0 aliphatic heterocycles. The normalized spacial score (nSPS) is 10.3. The van der Waals surface area contributed by atoms with Crippen molar-refractivity contribution in [2.24, 2.45) is 0 Å². The number of hydrogen-bond donors (Lipinski definition) is 3. The molecule has 0 saturated carbocycles. The number of amides is 1. The molecule has 2 aromatic rings. The van der Waals surface area contributed by atoms with Crippen LogP contribution < -0.4 is 5.32 Å². The molecule has 0 aliphatic carbocycles. The average Bonchev–Trinajstić information content (AvgIpc) is 2.43. The summed E-state index contributed by atoms with van der Waals surface area (Å²) in [5.74, 6) is -1.95. The van der Waals surface area contributed by atoms with Crippen molar-refractivity contribution in [2.75, 3.05) is 0 Å². The Morgan fingerprint density at radius 3 is 2.70 bits per heavy atom. The van der Waals surface area contributed by atoms with Gasteiger partial charge >= 0.3 is 0 Å². The van der Waals surface area contributed by atoms with Crippen molar-refractivity contribution in [1.29, 1.82) is 0 Å². The standard InChI is InChI=1S/C14H11ClFNO3/c15-10-6-8(4-5-11(10)16)7-17-14(20)9-2-1-3-12(18)13(9)19/h1-6,18-19H,7H2,(H,17,20). The molecule has 104 valence electrons. The Hall–Kier alpha value is -2.27. The minimum atomic E-state index is -0.557. The quantitative estimate of drug-likeness (QED) is 0.763. The molecule has 3 N–H and O–H groups in total. The van der Waals surface area contributed by atoms with Crippen LogP contribution in [0.15, 0.2) is 36.4 Å². The molecule has 0 aliphatic rings. The number of carbonyl (C=O) groups excluding carboxylic acids is 1. The van der Waals surface area contributed by atoms with E-state index in [-0.39, 0.29) is 22.9 Å². The van der Waals surface area contributed by atoms with E-state index in [1.165, 1.54) is 36.4 Å². The lowest BCUT2D eigenvalue weighted by Crippen LogP contribution is -2.22. The predicted octanol–water partition coefficient (Wildman–Crippen LogP) is 2.82. The Balaban J connectivity index is 2.08. The van der Waals surface area contributed by atoms with Crippen LogP contribution in [0.4, 0.5) is 4.39 Å². The summed E-state index contributed by atoms with van der Waals surface area (Å²) >= 11 is 5.63. The van der Waals surface area contributed by atoms with Gasteiger partial charge in [-0.2, -0.15) is 0 Å². The van der Waals surface area contributed by atoms with E-state index in [1.807, 2.05) is 0 Å². The van der Waals surface area contributed by atoms with Crippen molar-refractivity contribution in [1.82, 2.24) is 5.32 Å². The second-order valence-corrected chi connectivity index (χ2v) is 4.51. The highest BCUT2D eigenvalue weighted by molar-refractivity contribution is 6.30. The van der Waals surface area contributed by atoms with E-state index in [2.05, 4.69) is 5.32 Å². The number of benzene rings is 2. The fraction of sp³-hybridized carbons (Fsp3) is 0.0714. The lowest BCUT2D eigenvalue weighted by atomic mass is 10.1. The minimum Gasteiger partial charge on any atom is -0.504 e. The number of phenols is 2. The van der Waals surface area contributed by atoms with E-state index >= 15 is 0 Å². The molecule has 0 unspecified atom stereocenters. The summed E-state index contributed by atoms with van der Waals surface area (Å²) in [6, 6.07) is 8.19. The lowest BCUT2D eigenvalue weighted by Gasteiger charge is -2.08. The Labute approximate surface area is 119 Å². The molecule has 0 saturated heterocycles. The Kier molecular flexibility index (Phi) is 4.10. The van der Waals surface area contributed by atoms with Gasteiger partial charge in [0.05, 0.1) is 10.6 Å². The number of carbonyl (C=O) groups is 1. The van der Waals surface area contributed by atoms with Gasteiger partial charge in [0, 0.05) is 6.54 Å². The van der Waals surface area contributed by atoms with Crippen LogP contribution in [0, 0.1) is 5.82 Å². The van der Waals surface area contributed by atoms with Crippen LogP contribution in [0.25, 0.3) is 0 Å². The van der Waals surface area contributed by atoms with Crippen molar-refractivity contribution in [3.63, 3.8) is 0 Å². The van der Waals surface area contributed by atoms with Gasteiger partial charge in [0.15, 0.2) is 11.5 Å². The van der Waals surface area contributed by atoms with E-state index in [0.29, 0.717) is 5.56 Å². The van der Waals surface area contributed by atoms with Gasteiger partial charge in [-0.3, -0.25) is 4.79 Å². The van der Waals surface area contributed by atoms with Crippen LogP contribution in [0.1, 0.15) is 15.9 Å². The van der Waals surface area contributed by atoms with Crippen LogP contribution >= 0.6 is 11.6 Å². The molecular weight excluding hydrogens is 285 g/mol. The lowest BCUT2D eigenvalue weighted by molar-refractivity contribution is 0.0947. The van der Waals surface area contributed by atoms with Gasteiger partial charge in [0.25, 0.3) is 5.91 Å². The molecule has 2 aromatic carbocycles. The summed E-state index contributed by atoms with van der Waals surface area (Å²) in [5, 5.41) is 21.4.